The molecule has 1 aromatic rings. The Kier molecular flexibility index (Phi) is 6.02. The van der Waals surface area contributed by atoms with Gasteiger partial charge in [-0.3, -0.25) is 4.79 Å². The lowest BCUT2D eigenvalue weighted by Crippen LogP contribution is -2.58. The normalized spacial score (nSPS) is 22.7. The molecule has 0 radical (unpaired) electrons. The van der Waals surface area contributed by atoms with Gasteiger partial charge in [0.2, 0.25) is 10.0 Å². The number of methoxy groups -OCH3 is 1. The van der Waals surface area contributed by atoms with Gasteiger partial charge in [0, 0.05) is 11.1 Å². The molecule has 0 N–H and O–H groups in total. The molecule has 23 heavy (non-hydrogen) atoms. The largest absolute Gasteiger partial charge is 0.468 e. The van der Waals surface area contributed by atoms with E-state index in [2.05, 4.69) is 0 Å². The summed E-state index contributed by atoms with van der Waals surface area (Å²) >= 11 is 5.82. The predicted molar refractivity (Wildman–Crippen MR) is 85.8 cm³/mol. The standard InChI is InChI=1S/C15H20ClNO5S/c1-3-4-12-9-22-10-14(15(18)21-2)17(12)23(19,20)13-7-5-11(16)6-8-13/h5-8,12,14H,3-4,9-10H2,1-2H3/t12-,14-/m1/s1. The molecule has 0 spiro atoms. The molecule has 6 nitrogen and oxygen atoms in total. The van der Waals surface area contributed by atoms with Gasteiger partial charge >= 0.3 is 5.97 Å². The summed E-state index contributed by atoms with van der Waals surface area (Å²) in [5.41, 5.74) is 0. The summed E-state index contributed by atoms with van der Waals surface area (Å²) in [4.78, 5) is 12.1. The highest BCUT2D eigenvalue weighted by molar-refractivity contribution is 7.89. The minimum atomic E-state index is -3.86. The fourth-order valence-corrected chi connectivity index (χ4v) is 4.55. The van der Waals surface area contributed by atoms with Crippen LogP contribution >= 0.6 is 11.6 Å². The molecule has 8 heteroatoms. The van der Waals surface area contributed by atoms with E-state index >= 15 is 0 Å². The zero-order valence-electron chi connectivity index (χ0n) is 13.1. The van der Waals surface area contributed by atoms with Crippen LogP contribution in [0.3, 0.4) is 0 Å². The molecule has 0 amide bonds. The number of nitrogens with zero attached hydrogens (tertiary/aromatic N) is 1. The Labute approximate surface area is 141 Å². The zero-order valence-corrected chi connectivity index (χ0v) is 14.6. The lowest BCUT2D eigenvalue weighted by molar-refractivity contribution is -0.152. The van der Waals surface area contributed by atoms with E-state index in [1.165, 1.54) is 35.7 Å². The van der Waals surface area contributed by atoms with Gasteiger partial charge < -0.3 is 9.47 Å². The van der Waals surface area contributed by atoms with Crippen molar-refractivity contribution >= 4 is 27.6 Å². The first-order chi connectivity index (χ1) is 10.9. The maximum atomic E-state index is 13.0. The highest BCUT2D eigenvalue weighted by Crippen LogP contribution is 2.28. The molecule has 1 heterocycles. The number of hydrogen-bond acceptors (Lipinski definition) is 5. The first kappa shape index (κ1) is 18.2. The number of ether oxygens (including phenoxy) is 2. The molecule has 1 aliphatic heterocycles. The van der Waals surface area contributed by atoms with Gasteiger partial charge in [0.1, 0.15) is 6.04 Å². The van der Waals surface area contributed by atoms with Crippen molar-refractivity contribution in [3.05, 3.63) is 29.3 Å². The third kappa shape index (κ3) is 3.85. The van der Waals surface area contributed by atoms with Crippen molar-refractivity contribution in [2.75, 3.05) is 20.3 Å². The first-order valence-electron chi connectivity index (χ1n) is 7.36. The number of benzene rings is 1. The molecule has 128 valence electrons. The molecule has 1 aliphatic rings. The fraction of sp³-hybridized carbons (Fsp3) is 0.533. The monoisotopic (exact) mass is 361 g/mol. The number of hydrogen-bond donors (Lipinski definition) is 0. The lowest BCUT2D eigenvalue weighted by Gasteiger charge is -2.39. The van der Waals surface area contributed by atoms with Gasteiger partial charge in [-0.2, -0.15) is 4.31 Å². The van der Waals surface area contributed by atoms with Gasteiger partial charge in [-0.15, -0.1) is 0 Å². The third-order valence-electron chi connectivity index (χ3n) is 3.74. The van der Waals surface area contributed by atoms with E-state index in [-0.39, 0.29) is 18.1 Å². The Morgan fingerprint density at radius 1 is 1.35 bits per heavy atom. The fourth-order valence-electron chi connectivity index (χ4n) is 2.66. The van der Waals surface area contributed by atoms with Gasteiger partial charge in [0.05, 0.1) is 25.2 Å². The number of halogens is 1. The van der Waals surface area contributed by atoms with Crippen LogP contribution in [0.25, 0.3) is 0 Å². The Hall–Kier alpha value is -1.15. The highest BCUT2D eigenvalue weighted by Gasteiger charge is 2.44. The summed E-state index contributed by atoms with van der Waals surface area (Å²) < 4.78 is 37.5. The number of sulfonamides is 1. The Balaban J connectivity index is 2.45. The smallest absolute Gasteiger partial charge is 0.326 e. The van der Waals surface area contributed by atoms with Crippen LogP contribution < -0.4 is 0 Å². The average Bonchev–Trinajstić information content (AvgIpc) is 2.54. The quantitative estimate of drug-likeness (QED) is 0.751. The van der Waals surface area contributed by atoms with Gasteiger partial charge in [-0.25, -0.2) is 8.42 Å². The van der Waals surface area contributed by atoms with E-state index in [4.69, 9.17) is 21.1 Å². The van der Waals surface area contributed by atoms with Crippen molar-refractivity contribution in [2.45, 2.75) is 36.7 Å². The molecule has 0 bridgehead atoms. The number of esters is 1. The van der Waals surface area contributed by atoms with E-state index in [1.54, 1.807) is 0 Å². The highest BCUT2D eigenvalue weighted by atomic mass is 35.5. The molecule has 1 saturated heterocycles. The minimum absolute atomic E-state index is 0.0142. The van der Waals surface area contributed by atoms with Crippen LogP contribution in [0.5, 0.6) is 0 Å². The van der Waals surface area contributed by atoms with Crippen molar-refractivity contribution in [3.63, 3.8) is 0 Å². The Morgan fingerprint density at radius 3 is 2.57 bits per heavy atom. The minimum Gasteiger partial charge on any atom is -0.468 e. The van der Waals surface area contributed by atoms with Crippen molar-refractivity contribution in [1.82, 2.24) is 4.31 Å². The van der Waals surface area contributed by atoms with Crippen LogP contribution in [-0.4, -0.2) is 51.1 Å². The SMILES string of the molecule is CCC[C@@H]1COC[C@H](C(=O)OC)N1S(=O)(=O)c1ccc(Cl)cc1. The second kappa shape index (κ2) is 7.61. The Morgan fingerprint density at radius 2 is 2.00 bits per heavy atom. The number of carbonyl (C=O) groups is 1. The van der Waals surface area contributed by atoms with E-state index in [9.17, 15) is 13.2 Å². The van der Waals surface area contributed by atoms with E-state index in [0.29, 0.717) is 11.4 Å². The second-order valence-corrected chi connectivity index (χ2v) is 7.59. The summed E-state index contributed by atoms with van der Waals surface area (Å²) in [6.07, 6.45) is 1.37. The van der Waals surface area contributed by atoms with Gasteiger partial charge in [0.15, 0.2) is 0 Å². The van der Waals surface area contributed by atoms with Gasteiger partial charge in [0.25, 0.3) is 0 Å². The summed E-state index contributed by atoms with van der Waals surface area (Å²) in [6, 6.07) is 4.51. The average molecular weight is 362 g/mol. The molecule has 2 rings (SSSR count). The van der Waals surface area contributed by atoms with Gasteiger partial charge in [-0.1, -0.05) is 24.9 Å². The lowest BCUT2D eigenvalue weighted by atomic mass is 10.1. The zero-order chi connectivity index (χ0) is 17.0. The predicted octanol–water partition coefficient (Wildman–Crippen LogP) is 2.07. The Bertz CT molecular complexity index is 644. The van der Waals surface area contributed by atoms with E-state index < -0.39 is 28.1 Å². The number of carbonyl (C=O) groups excluding carboxylic acids is 1. The molecule has 0 unspecified atom stereocenters. The van der Waals surface area contributed by atoms with Crippen LogP contribution in [0, 0.1) is 0 Å². The summed E-state index contributed by atoms with van der Waals surface area (Å²) in [5, 5.41) is 0.445. The van der Waals surface area contributed by atoms with Crippen LogP contribution in [0.1, 0.15) is 19.8 Å². The van der Waals surface area contributed by atoms with Crippen molar-refractivity contribution in [2.24, 2.45) is 0 Å². The molecule has 2 atom stereocenters. The molecule has 0 aliphatic carbocycles. The topological polar surface area (TPSA) is 72.9 Å². The molecule has 1 aromatic carbocycles. The second-order valence-electron chi connectivity index (χ2n) is 5.31. The first-order valence-corrected chi connectivity index (χ1v) is 9.18. The summed E-state index contributed by atoms with van der Waals surface area (Å²) in [7, 11) is -2.63. The van der Waals surface area contributed by atoms with Crippen molar-refractivity contribution in [3.8, 4) is 0 Å². The van der Waals surface area contributed by atoms with E-state index in [1.807, 2.05) is 6.92 Å². The number of morpholine rings is 1. The third-order valence-corrected chi connectivity index (χ3v) is 5.96. The van der Waals surface area contributed by atoms with E-state index in [0.717, 1.165) is 6.42 Å². The molecule has 1 fully saturated rings. The number of rotatable bonds is 5. The molecular weight excluding hydrogens is 342 g/mol. The summed E-state index contributed by atoms with van der Waals surface area (Å²) in [6.45, 7) is 2.20. The van der Waals surface area contributed by atoms with Crippen molar-refractivity contribution < 1.29 is 22.7 Å². The maximum Gasteiger partial charge on any atom is 0.326 e. The van der Waals surface area contributed by atoms with Crippen LogP contribution in [-0.2, 0) is 24.3 Å². The van der Waals surface area contributed by atoms with Gasteiger partial charge in [-0.05, 0) is 30.7 Å². The van der Waals surface area contributed by atoms with Crippen LogP contribution in [0.2, 0.25) is 5.02 Å². The molecular formula is C15H20ClNO5S. The molecule has 0 saturated carbocycles. The molecule has 0 aromatic heterocycles. The van der Waals surface area contributed by atoms with Crippen LogP contribution in [0.15, 0.2) is 29.2 Å². The maximum absolute atomic E-state index is 13.0. The van der Waals surface area contributed by atoms with Crippen molar-refractivity contribution in [1.29, 1.82) is 0 Å². The summed E-state index contributed by atoms with van der Waals surface area (Å²) in [5.74, 6) is -0.622. The van der Waals surface area contributed by atoms with Crippen LogP contribution in [0.4, 0.5) is 0 Å².